The van der Waals surface area contributed by atoms with Gasteiger partial charge in [-0.2, -0.15) is 0 Å². The highest BCUT2D eigenvalue weighted by Gasteiger charge is 2.32. The Labute approximate surface area is 98.3 Å². The van der Waals surface area contributed by atoms with Gasteiger partial charge in [0.05, 0.1) is 12.0 Å². The Kier molecular flexibility index (Phi) is 3.06. The van der Waals surface area contributed by atoms with Gasteiger partial charge in [-0.15, -0.1) is 0 Å². The van der Waals surface area contributed by atoms with Gasteiger partial charge >= 0.3 is 0 Å². The van der Waals surface area contributed by atoms with Crippen LogP contribution in [0.3, 0.4) is 0 Å². The van der Waals surface area contributed by atoms with Crippen LogP contribution in [0.25, 0.3) is 0 Å². The normalized spacial score (nSPS) is 24.8. The molecule has 2 unspecified atom stereocenters. The molecule has 0 spiro atoms. The highest BCUT2D eigenvalue weighted by molar-refractivity contribution is 5.00. The Balaban J connectivity index is 1.91. The van der Waals surface area contributed by atoms with Gasteiger partial charge in [0.2, 0.25) is 0 Å². The van der Waals surface area contributed by atoms with Crippen molar-refractivity contribution in [2.75, 3.05) is 0 Å². The number of nitrogens with one attached hydrogen (secondary N) is 1. The second-order valence-electron chi connectivity index (χ2n) is 6.11. The zero-order valence-electron chi connectivity index (χ0n) is 10.8. The van der Waals surface area contributed by atoms with Crippen LogP contribution in [-0.2, 0) is 13.1 Å². The van der Waals surface area contributed by atoms with Crippen LogP contribution in [0.1, 0.15) is 39.8 Å². The lowest BCUT2D eigenvalue weighted by atomic mass is 10.1. The van der Waals surface area contributed by atoms with Crippen LogP contribution in [-0.4, -0.2) is 15.1 Å². The zero-order valence-corrected chi connectivity index (χ0v) is 10.8. The molecule has 90 valence electrons. The molecule has 2 atom stereocenters. The van der Waals surface area contributed by atoms with Gasteiger partial charge < -0.3 is 9.88 Å². The van der Waals surface area contributed by atoms with Gasteiger partial charge in [-0.05, 0) is 39.0 Å². The van der Waals surface area contributed by atoms with Gasteiger partial charge in [-0.1, -0.05) is 6.92 Å². The van der Waals surface area contributed by atoms with Gasteiger partial charge in [-0.25, -0.2) is 4.98 Å². The first-order chi connectivity index (χ1) is 7.46. The Hall–Kier alpha value is -0.830. The van der Waals surface area contributed by atoms with Crippen molar-refractivity contribution in [2.24, 2.45) is 11.8 Å². The van der Waals surface area contributed by atoms with E-state index in [4.69, 9.17) is 0 Å². The van der Waals surface area contributed by atoms with Crippen molar-refractivity contribution in [3.63, 3.8) is 0 Å². The van der Waals surface area contributed by atoms with Crippen LogP contribution in [0, 0.1) is 11.8 Å². The quantitative estimate of drug-likeness (QED) is 0.846. The van der Waals surface area contributed by atoms with Crippen molar-refractivity contribution in [2.45, 2.75) is 52.7 Å². The van der Waals surface area contributed by atoms with Crippen LogP contribution in [0.5, 0.6) is 0 Å². The number of hydrogen-bond donors (Lipinski definition) is 1. The molecule has 1 aliphatic carbocycles. The van der Waals surface area contributed by atoms with Crippen LogP contribution in [0.2, 0.25) is 0 Å². The molecule has 2 rings (SSSR count). The number of nitrogens with zero attached hydrogens (tertiary/aromatic N) is 2. The lowest BCUT2D eigenvalue weighted by molar-refractivity contribution is 0.413. The van der Waals surface area contributed by atoms with E-state index >= 15 is 0 Å². The number of rotatable bonds is 4. The molecule has 1 aromatic rings. The molecule has 1 aromatic heterocycles. The highest BCUT2D eigenvalue weighted by atomic mass is 15.1. The predicted molar refractivity (Wildman–Crippen MR) is 66.1 cm³/mol. The molecule has 16 heavy (non-hydrogen) atoms. The van der Waals surface area contributed by atoms with Crippen molar-refractivity contribution in [3.05, 3.63) is 18.2 Å². The maximum absolute atomic E-state index is 4.25. The van der Waals surface area contributed by atoms with E-state index in [-0.39, 0.29) is 5.54 Å². The summed E-state index contributed by atoms with van der Waals surface area (Å²) in [6.45, 7) is 11.0. The molecule has 1 N–H and O–H groups in total. The fraction of sp³-hybridized carbons (Fsp3) is 0.769. The standard InChI is InChI=1S/C13H23N3/c1-10-5-11(10)8-16-9-14-6-12(16)7-15-13(2,3)4/h6,9-11,15H,5,7-8H2,1-4H3. The first-order valence-electron chi connectivity index (χ1n) is 6.20. The van der Waals surface area contributed by atoms with E-state index in [1.807, 2.05) is 12.5 Å². The number of aromatic nitrogens is 2. The van der Waals surface area contributed by atoms with Crippen LogP contribution < -0.4 is 5.32 Å². The molecular weight excluding hydrogens is 198 g/mol. The summed E-state index contributed by atoms with van der Waals surface area (Å²) in [5, 5.41) is 3.51. The van der Waals surface area contributed by atoms with Crippen molar-refractivity contribution in [1.29, 1.82) is 0 Å². The summed E-state index contributed by atoms with van der Waals surface area (Å²) in [7, 11) is 0. The summed E-state index contributed by atoms with van der Waals surface area (Å²) in [4.78, 5) is 4.25. The van der Waals surface area contributed by atoms with Gasteiger partial charge in [0.1, 0.15) is 0 Å². The van der Waals surface area contributed by atoms with E-state index < -0.39 is 0 Å². The lowest BCUT2D eigenvalue weighted by Crippen LogP contribution is -2.35. The monoisotopic (exact) mass is 221 g/mol. The van der Waals surface area contributed by atoms with E-state index in [1.165, 1.54) is 12.1 Å². The third-order valence-electron chi connectivity index (χ3n) is 3.31. The molecule has 0 aliphatic heterocycles. The molecule has 3 nitrogen and oxygen atoms in total. The minimum absolute atomic E-state index is 0.169. The Morgan fingerprint density at radius 1 is 1.50 bits per heavy atom. The molecule has 0 radical (unpaired) electrons. The SMILES string of the molecule is CC1CC1Cn1cncc1CNC(C)(C)C. The van der Waals surface area contributed by atoms with E-state index in [1.54, 1.807) is 0 Å². The van der Waals surface area contributed by atoms with Crippen molar-refractivity contribution < 1.29 is 0 Å². The summed E-state index contributed by atoms with van der Waals surface area (Å²) in [5.41, 5.74) is 1.47. The minimum Gasteiger partial charge on any atom is -0.333 e. The summed E-state index contributed by atoms with van der Waals surface area (Å²) >= 11 is 0. The van der Waals surface area contributed by atoms with Crippen molar-refractivity contribution in [3.8, 4) is 0 Å². The van der Waals surface area contributed by atoms with E-state index in [9.17, 15) is 0 Å². The molecule has 1 heterocycles. The first kappa shape index (κ1) is 11.6. The molecular formula is C13H23N3. The molecule has 3 heteroatoms. The molecule has 0 aromatic carbocycles. The molecule has 1 aliphatic rings. The third kappa shape index (κ3) is 3.08. The molecule has 0 bridgehead atoms. The topological polar surface area (TPSA) is 29.9 Å². The Morgan fingerprint density at radius 2 is 2.19 bits per heavy atom. The second kappa shape index (κ2) is 4.21. The summed E-state index contributed by atoms with van der Waals surface area (Å²) in [5.74, 6) is 1.79. The summed E-state index contributed by atoms with van der Waals surface area (Å²) < 4.78 is 2.30. The van der Waals surface area contributed by atoms with Crippen LogP contribution in [0.4, 0.5) is 0 Å². The summed E-state index contributed by atoms with van der Waals surface area (Å²) in [6.07, 6.45) is 5.32. The van der Waals surface area contributed by atoms with E-state index in [0.717, 1.165) is 24.9 Å². The number of hydrogen-bond acceptors (Lipinski definition) is 2. The smallest absolute Gasteiger partial charge is 0.0948 e. The largest absolute Gasteiger partial charge is 0.333 e. The maximum atomic E-state index is 4.25. The van der Waals surface area contributed by atoms with Gasteiger partial charge in [0, 0.05) is 24.8 Å². The molecule has 1 saturated carbocycles. The zero-order chi connectivity index (χ0) is 11.8. The Bertz CT molecular complexity index is 348. The van der Waals surface area contributed by atoms with Crippen LogP contribution >= 0.6 is 0 Å². The maximum Gasteiger partial charge on any atom is 0.0948 e. The third-order valence-corrected chi connectivity index (χ3v) is 3.31. The average Bonchev–Trinajstić information content (AvgIpc) is 2.70. The lowest BCUT2D eigenvalue weighted by Gasteiger charge is -2.21. The first-order valence-corrected chi connectivity index (χ1v) is 6.20. The second-order valence-corrected chi connectivity index (χ2v) is 6.11. The fourth-order valence-corrected chi connectivity index (χ4v) is 1.92. The van der Waals surface area contributed by atoms with E-state index in [0.29, 0.717) is 0 Å². The summed E-state index contributed by atoms with van der Waals surface area (Å²) in [6, 6.07) is 0. The molecule has 1 fully saturated rings. The molecule has 0 saturated heterocycles. The van der Waals surface area contributed by atoms with Gasteiger partial charge in [-0.3, -0.25) is 0 Å². The predicted octanol–water partition coefficient (Wildman–Crippen LogP) is 2.43. The van der Waals surface area contributed by atoms with Gasteiger partial charge in [0.15, 0.2) is 0 Å². The average molecular weight is 221 g/mol. The Morgan fingerprint density at radius 3 is 2.75 bits per heavy atom. The minimum atomic E-state index is 0.169. The van der Waals surface area contributed by atoms with Crippen molar-refractivity contribution >= 4 is 0 Å². The van der Waals surface area contributed by atoms with E-state index in [2.05, 4.69) is 42.6 Å². The van der Waals surface area contributed by atoms with Crippen molar-refractivity contribution in [1.82, 2.24) is 14.9 Å². The molecule has 0 amide bonds. The number of imidazole rings is 1. The van der Waals surface area contributed by atoms with Crippen LogP contribution in [0.15, 0.2) is 12.5 Å². The fourth-order valence-electron chi connectivity index (χ4n) is 1.92. The highest BCUT2D eigenvalue weighted by Crippen LogP contribution is 2.39. The van der Waals surface area contributed by atoms with Gasteiger partial charge in [0.25, 0.3) is 0 Å².